The van der Waals surface area contributed by atoms with Crippen LogP contribution in [0, 0.1) is 10.1 Å². The van der Waals surface area contributed by atoms with Crippen molar-refractivity contribution in [3.8, 4) is 0 Å². The Labute approximate surface area is 275 Å². The maximum absolute atomic E-state index is 13.6. The number of non-ortho nitro benzene ring substituents is 1. The van der Waals surface area contributed by atoms with Gasteiger partial charge in [0.2, 0.25) is 0 Å². The van der Waals surface area contributed by atoms with E-state index in [-0.39, 0.29) is 41.9 Å². The minimum Gasteiger partial charge on any atom is -0.466 e. The summed E-state index contributed by atoms with van der Waals surface area (Å²) in [4.78, 5) is 42.3. The van der Waals surface area contributed by atoms with Crippen molar-refractivity contribution in [3.05, 3.63) is 134 Å². The predicted molar refractivity (Wildman–Crippen MR) is 177 cm³/mol. The van der Waals surface area contributed by atoms with Crippen molar-refractivity contribution in [1.29, 1.82) is 0 Å². The highest BCUT2D eigenvalue weighted by molar-refractivity contribution is 5.99. The largest absolute Gasteiger partial charge is 0.466 e. The third-order valence-corrected chi connectivity index (χ3v) is 8.44. The fourth-order valence-corrected chi connectivity index (χ4v) is 6.27. The smallest absolute Gasteiger partial charge is 0.336 e. The van der Waals surface area contributed by atoms with Gasteiger partial charge < -0.3 is 14.8 Å². The maximum Gasteiger partial charge on any atom is 0.336 e. The fourth-order valence-electron chi connectivity index (χ4n) is 6.27. The molecule has 3 aromatic carbocycles. The fraction of sp³-hybridized carbons (Fsp3) is 0.314. The van der Waals surface area contributed by atoms with E-state index in [2.05, 4.69) is 63.6 Å². The van der Waals surface area contributed by atoms with E-state index in [1.54, 1.807) is 19.9 Å². The number of piperazine rings is 1. The molecule has 0 aromatic heterocycles. The molecule has 3 aromatic rings. The highest BCUT2D eigenvalue weighted by Crippen LogP contribution is 2.40. The number of hydrogen-bond acceptors (Lipinski definition) is 9. The van der Waals surface area contributed by atoms with E-state index in [1.165, 1.54) is 36.4 Å². The molecule has 0 spiro atoms. The van der Waals surface area contributed by atoms with Gasteiger partial charge >= 0.3 is 11.9 Å². The van der Waals surface area contributed by atoms with E-state index in [0.717, 1.165) is 26.2 Å². The van der Waals surface area contributed by atoms with E-state index in [0.29, 0.717) is 23.5 Å². The molecule has 1 N–H and O–H groups in total. The molecular weight excluding hydrogens is 608 g/mol. The standard InChI is InChI=1S/C35H38N4O6.ClH/c1-24-30(34(40)44-3)32(28-15-10-16-29(23-28)39(42)43)31(25(2)36-24)35(41)45-22-21-37-17-19-38(20-18-37)33(26-11-6-4-7-12-26)27-13-8-5-9-14-27;/h4-16,23,32-33,36H,17-22H2,1-3H3;1H/t32-;/m0./s1. The van der Waals surface area contributed by atoms with Crippen LogP contribution in [-0.4, -0.2) is 73.1 Å². The number of rotatable bonds is 10. The quantitative estimate of drug-likeness (QED) is 0.176. The third-order valence-electron chi connectivity index (χ3n) is 8.44. The van der Waals surface area contributed by atoms with Crippen LogP contribution in [0.25, 0.3) is 0 Å². The number of nitrogens with zero attached hydrogens (tertiary/aromatic N) is 3. The number of nitro groups is 1. The molecule has 11 heteroatoms. The minimum atomic E-state index is -0.887. The molecule has 0 bridgehead atoms. The number of nitro benzene ring substituents is 1. The van der Waals surface area contributed by atoms with Gasteiger partial charge in [0.25, 0.3) is 5.69 Å². The zero-order chi connectivity index (χ0) is 31.9. The van der Waals surface area contributed by atoms with Gasteiger partial charge in [0.1, 0.15) is 6.61 Å². The first-order valence-electron chi connectivity index (χ1n) is 15.0. The highest BCUT2D eigenvalue weighted by atomic mass is 35.5. The van der Waals surface area contributed by atoms with Crippen molar-refractivity contribution >= 4 is 30.0 Å². The van der Waals surface area contributed by atoms with Gasteiger partial charge in [-0.15, -0.1) is 12.4 Å². The van der Waals surface area contributed by atoms with Crippen molar-refractivity contribution in [2.75, 3.05) is 46.4 Å². The van der Waals surface area contributed by atoms with E-state index < -0.39 is 22.8 Å². The topological polar surface area (TPSA) is 114 Å². The van der Waals surface area contributed by atoms with Gasteiger partial charge in [-0.05, 0) is 30.5 Å². The van der Waals surface area contributed by atoms with Crippen molar-refractivity contribution < 1.29 is 24.0 Å². The average Bonchev–Trinajstić information content (AvgIpc) is 3.06. The van der Waals surface area contributed by atoms with Crippen LogP contribution >= 0.6 is 12.4 Å². The molecule has 0 amide bonds. The number of carbonyl (C=O) groups is 2. The van der Waals surface area contributed by atoms with Crippen molar-refractivity contribution in [2.45, 2.75) is 25.8 Å². The van der Waals surface area contributed by atoms with Crippen molar-refractivity contribution in [2.24, 2.45) is 0 Å². The number of benzene rings is 3. The van der Waals surface area contributed by atoms with Crippen LogP contribution in [0.2, 0.25) is 0 Å². The second-order valence-corrected chi connectivity index (χ2v) is 11.2. The number of dihydropyridines is 1. The number of methoxy groups -OCH3 is 1. The van der Waals surface area contributed by atoms with E-state index in [4.69, 9.17) is 9.47 Å². The Bertz CT molecular complexity index is 1560. The van der Waals surface area contributed by atoms with Gasteiger partial charge in [0.05, 0.1) is 35.1 Å². The first-order chi connectivity index (χ1) is 21.8. The zero-order valence-electron chi connectivity index (χ0n) is 26.2. The molecule has 0 aliphatic carbocycles. The minimum absolute atomic E-state index is 0. The average molecular weight is 647 g/mol. The Morgan fingerprint density at radius 2 is 1.43 bits per heavy atom. The number of carbonyl (C=O) groups excluding carboxylic acids is 2. The van der Waals surface area contributed by atoms with Gasteiger partial charge in [-0.3, -0.25) is 19.9 Å². The van der Waals surface area contributed by atoms with Crippen molar-refractivity contribution in [3.63, 3.8) is 0 Å². The third kappa shape index (κ3) is 7.64. The molecule has 1 atom stereocenters. The van der Waals surface area contributed by atoms with Gasteiger partial charge in [-0.25, -0.2) is 9.59 Å². The summed E-state index contributed by atoms with van der Waals surface area (Å²) in [5.41, 5.74) is 4.25. The Balaban J connectivity index is 0.00000480. The summed E-state index contributed by atoms with van der Waals surface area (Å²) < 4.78 is 10.8. The second kappa shape index (κ2) is 15.7. The lowest BCUT2D eigenvalue weighted by molar-refractivity contribution is -0.384. The monoisotopic (exact) mass is 646 g/mol. The molecule has 2 aliphatic rings. The molecule has 46 heavy (non-hydrogen) atoms. The van der Waals surface area contributed by atoms with Crippen LogP contribution in [0.5, 0.6) is 0 Å². The van der Waals surface area contributed by atoms with Crippen molar-refractivity contribution in [1.82, 2.24) is 15.1 Å². The summed E-state index contributed by atoms with van der Waals surface area (Å²) in [6.07, 6.45) is 0. The molecule has 5 rings (SSSR count). The molecule has 242 valence electrons. The molecular formula is C35H39ClN4O6. The Kier molecular flexibility index (Phi) is 11.7. The molecule has 1 fully saturated rings. The molecule has 2 heterocycles. The number of ether oxygens (including phenoxy) is 2. The van der Waals surface area contributed by atoms with Crippen LogP contribution in [0.1, 0.15) is 42.5 Å². The Morgan fingerprint density at radius 3 is 1.98 bits per heavy atom. The first-order valence-corrected chi connectivity index (χ1v) is 15.0. The molecule has 0 saturated carbocycles. The number of halogens is 1. The number of nitrogens with one attached hydrogen (secondary N) is 1. The van der Waals surface area contributed by atoms with Gasteiger partial charge in [0, 0.05) is 56.3 Å². The lowest BCUT2D eigenvalue weighted by Crippen LogP contribution is -2.48. The number of hydrogen-bond donors (Lipinski definition) is 1. The van der Waals surface area contributed by atoms with Gasteiger partial charge in [-0.2, -0.15) is 0 Å². The van der Waals surface area contributed by atoms with E-state index in [9.17, 15) is 19.7 Å². The lowest BCUT2D eigenvalue weighted by atomic mass is 9.80. The normalized spacial score (nSPS) is 17.3. The summed E-state index contributed by atoms with van der Waals surface area (Å²) in [6.45, 7) is 7.52. The summed E-state index contributed by atoms with van der Waals surface area (Å²) in [7, 11) is 1.26. The summed E-state index contributed by atoms with van der Waals surface area (Å²) in [5.74, 6) is -2.10. The van der Waals surface area contributed by atoms with Crippen LogP contribution in [0.3, 0.4) is 0 Å². The van der Waals surface area contributed by atoms with Crippen LogP contribution in [-0.2, 0) is 19.1 Å². The first kappa shape index (κ1) is 34.4. The Hall–Kier alpha value is -4.51. The highest BCUT2D eigenvalue weighted by Gasteiger charge is 2.38. The SMILES string of the molecule is COC(=O)C1=C(C)NC(C)=C(C(=O)OCCN2CCN(C(c3ccccc3)c3ccccc3)CC2)[C@H]1c1cccc([N+](=O)[O-])c1.Cl. The summed E-state index contributed by atoms with van der Waals surface area (Å²) in [5, 5.41) is 14.6. The lowest BCUT2D eigenvalue weighted by Gasteiger charge is -2.39. The van der Waals surface area contributed by atoms with Crippen LogP contribution in [0.4, 0.5) is 5.69 Å². The number of allylic oxidation sites excluding steroid dienone is 2. The Morgan fingerprint density at radius 1 is 0.870 bits per heavy atom. The zero-order valence-corrected chi connectivity index (χ0v) is 27.0. The van der Waals surface area contributed by atoms with Crippen LogP contribution < -0.4 is 5.32 Å². The molecule has 2 aliphatic heterocycles. The predicted octanol–water partition coefficient (Wildman–Crippen LogP) is 5.37. The molecule has 1 saturated heterocycles. The second-order valence-electron chi connectivity index (χ2n) is 11.2. The molecule has 0 radical (unpaired) electrons. The maximum atomic E-state index is 13.6. The van der Waals surface area contributed by atoms with Gasteiger partial charge in [0.15, 0.2) is 0 Å². The number of esters is 2. The summed E-state index contributed by atoms with van der Waals surface area (Å²) >= 11 is 0. The van der Waals surface area contributed by atoms with Crippen LogP contribution in [0.15, 0.2) is 107 Å². The summed E-state index contributed by atoms with van der Waals surface area (Å²) in [6, 6.07) is 27.2. The molecule has 0 unspecified atom stereocenters. The molecule has 10 nitrogen and oxygen atoms in total. The van der Waals surface area contributed by atoms with E-state index >= 15 is 0 Å². The van der Waals surface area contributed by atoms with E-state index in [1.807, 2.05) is 12.1 Å². The van der Waals surface area contributed by atoms with Gasteiger partial charge in [-0.1, -0.05) is 72.8 Å².